The molecule has 0 amide bonds. The predicted molar refractivity (Wildman–Crippen MR) is 187 cm³/mol. The molecule has 8 bridgehead atoms. The topological polar surface area (TPSA) is 57.4 Å². The number of nitrogens with one attached hydrogen (secondary N) is 2. The van der Waals surface area contributed by atoms with Gasteiger partial charge in [-0.05, 0) is 72.8 Å². The van der Waals surface area contributed by atoms with E-state index in [0.29, 0.717) is 0 Å². The van der Waals surface area contributed by atoms with E-state index in [1.807, 2.05) is 42.5 Å². The van der Waals surface area contributed by atoms with Crippen molar-refractivity contribution in [2.45, 2.75) is 55.4 Å². The number of hydrogen-bond acceptors (Lipinski definition) is 2. The molecule has 3 aromatic heterocycles. The second-order valence-corrected chi connectivity index (χ2v) is 5.91. The molecule has 5 rings (SSSR count). The van der Waals surface area contributed by atoms with E-state index in [4.69, 9.17) is 0 Å². The summed E-state index contributed by atoms with van der Waals surface area (Å²) >= 11 is 0. The van der Waals surface area contributed by atoms with Gasteiger partial charge in [-0.25, -0.2) is 9.97 Å². The molecule has 0 fully saturated rings. The molecule has 237 valence electrons. The third kappa shape index (κ3) is 19.0. The Labute approximate surface area is 264 Å². The van der Waals surface area contributed by atoms with Gasteiger partial charge in [-0.3, -0.25) is 0 Å². The van der Waals surface area contributed by atoms with Crippen LogP contribution in [0, 0.1) is 55.4 Å². The fourth-order valence-electron chi connectivity index (χ4n) is 2.94. The summed E-state index contributed by atoms with van der Waals surface area (Å²) in [5.41, 5.74) is 7.86. The predicted octanol–water partition coefficient (Wildman–Crippen LogP) is 11.4. The first-order chi connectivity index (χ1) is 19.8. The van der Waals surface area contributed by atoms with Gasteiger partial charge in [0, 0.05) is 39.1 Å². The minimum Gasteiger partial charge on any atom is -0.355 e. The summed E-state index contributed by atoms with van der Waals surface area (Å²) in [6.45, 7) is 40.0. The van der Waals surface area contributed by atoms with E-state index in [1.165, 1.54) is 0 Å². The van der Waals surface area contributed by atoms with Gasteiger partial charge in [0.05, 0.1) is 22.8 Å². The quantitative estimate of drug-likeness (QED) is 0.136. The van der Waals surface area contributed by atoms with E-state index in [0.717, 1.165) is 44.8 Å². The summed E-state index contributed by atoms with van der Waals surface area (Å²) in [7, 11) is 0. The zero-order valence-corrected chi connectivity index (χ0v) is 27.7. The Morgan fingerprint density at radius 1 is 0.366 bits per heavy atom. The van der Waals surface area contributed by atoms with Crippen LogP contribution in [0.2, 0.25) is 0 Å². The van der Waals surface area contributed by atoms with Crippen molar-refractivity contribution >= 4 is 46.4 Å². The monoisotopic (exact) mass is 605 g/mol. The summed E-state index contributed by atoms with van der Waals surface area (Å²) in [5.74, 6) is 0. The van der Waals surface area contributed by atoms with Gasteiger partial charge in [0.1, 0.15) is 0 Å². The van der Waals surface area contributed by atoms with Crippen LogP contribution in [0.4, 0.5) is 0 Å². The average molecular weight is 606 g/mol. The van der Waals surface area contributed by atoms with Crippen molar-refractivity contribution in [3.05, 3.63) is 127 Å². The van der Waals surface area contributed by atoms with Crippen LogP contribution in [0.25, 0.3) is 46.4 Å². The van der Waals surface area contributed by atoms with Crippen LogP contribution in [0.15, 0.2) is 48.5 Å². The smallest absolute Gasteiger partial charge is 0.0659 e. The largest absolute Gasteiger partial charge is 0.355 e. The van der Waals surface area contributed by atoms with Gasteiger partial charge in [0.15, 0.2) is 0 Å². The van der Waals surface area contributed by atoms with E-state index in [9.17, 15) is 0 Å². The van der Waals surface area contributed by atoms with Gasteiger partial charge >= 0.3 is 0 Å². The third-order valence-corrected chi connectivity index (χ3v) is 4.04. The molecule has 5 heteroatoms. The van der Waals surface area contributed by atoms with Crippen molar-refractivity contribution in [2.24, 2.45) is 0 Å². The Morgan fingerprint density at radius 3 is 0.854 bits per heavy atom. The van der Waals surface area contributed by atoms with Crippen molar-refractivity contribution in [3.63, 3.8) is 0 Å². The summed E-state index contributed by atoms with van der Waals surface area (Å²) in [6, 6.07) is 16.4. The molecule has 2 N–H and O–H groups in total. The van der Waals surface area contributed by atoms with Crippen molar-refractivity contribution in [3.8, 4) is 0 Å². The van der Waals surface area contributed by atoms with E-state index < -0.39 is 0 Å². The molecule has 0 aromatic carbocycles. The number of hydrogen-bond donors (Lipinski definition) is 2. The maximum absolute atomic E-state index is 4.62. The average Bonchev–Trinajstić information content (AvgIpc) is 3.88. The Kier molecular flexibility index (Phi) is 41.0. The Balaban J connectivity index is -0.000000222. The molecular weight excluding hydrogens is 552 g/mol. The first kappa shape index (κ1) is 47.9. The Bertz CT molecular complexity index is 1080. The standard InChI is InChI=1S/C20H14N4.8C2H5.Cu/c1-2-14-10-16-5-6-18(23-16)12-20-8-7-19(24-20)11-17-4-3-15(22-17)9-13(1)21-14;8*1-2;/h1-12,21-22H;8*1H2,2H3;/q;8*-1;. The maximum atomic E-state index is 4.62. The van der Waals surface area contributed by atoms with E-state index >= 15 is 0 Å². The van der Waals surface area contributed by atoms with Gasteiger partial charge in [0.25, 0.3) is 0 Å². The molecule has 0 spiro atoms. The molecule has 41 heavy (non-hydrogen) atoms. The van der Waals surface area contributed by atoms with Crippen molar-refractivity contribution in [1.82, 2.24) is 19.9 Å². The minimum atomic E-state index is 0. The molecule has 0 unspecified atom stereocenters. The summed E-state index contributed by atoms with van der Waals surface area (Å²) in [5, 5.41) is 0. The van der Waals surface area contributed by atoms with Gasteiger partial charge in [-0.2, -0.15) is 55.4 Å². The molecule has 2 aliphatic rings. The number of aromatic amines is 2. The summed E-state index contributed by atoms with van der Waals surface area (Å²) in [6.07, 6.45) is 8.05. The summed E-state index contributed by atoms with van der Waals surface area (Å²) < 4.78 is 0. The van der Waals surface area contributed by atoms with Crippen LogP contribution in [0.3, 0.4) is 0 Å². The second kappa shape index (κ2) is 35.1. The van der Waals surface area contributed by atoms with Crippen molar-refractivity contribution in [2.75, 3.05) is 0 Å². The number of aromatic nitrogens is 4. The molecule has 0 saturated heterocycles. The van der Waals surface area contributed by atoms with Crippen LogP contribution in [0.5, 0.6) is 0 Å². The second-order valence-electron chi connectivity index (χ2n) is 5.91. The first-order valence-electron chi connectivity index (χ1n) is 13.5. The zero-order chi connectivity index (χ0) is 31.9. The SMILES string of the molecule is C1=Cc2cc3ccc(cc4ccc(cc5nc(cc1n2)C=C5)[nH]4)[nH]3.[CH2-]C.[CH2-]C.[CH2-]C.[CH2-]C.[CH2-]C.[CH2-]C.[CH2-]C.[CH2-]C.[Cu]. The number of rotatable bonds is 0. The fraction of sp³-hybridized carbons (Fsp3) is 0.222. The maximum Gasteiger partial charge on any atom is 0.0659 e. The van der Waals surface area contributed by atoms with E-state index in [-0.39, 0.29) is 17.1 Å². The Morgan fingerprint density at radius 2 is 0.585 bits per heavy atom. The van der Waals surface area contributed by atoms with E-state index in [1.54, 1.807) is 55.4 Å². The molecule has 5 heterocycles. The molecule has 0 aliphatic carbocycles. The molecular formula is C36H54CuN4-8. The van der Waals surface area contributed by atoms with Crippen LogP contribution >= 0.6 is 0 Å². The molecule has 0 atom stereocenters. The van der Waals surface area contributed by atoms with Gasteiger partial charge in [-0.15, -0.1) is 0 Å². The van der Waals surface area contributed by atoms with E-state index in [2.05, 4.69) is 106 Å². The number of nitrogens with zero attached hydrogens (tertiary/aromatic N) is 2. The van der Waals surface area contributed by atoms with Gasteiger partial charge in [0.2, 0.25) is 0 Å². The first-order valence-corrected chi connectivity index (χ1v) is 13.5. The molecule has 1 radical (unpaired) electrons. The number of H-pyrrole nitrogens is 2. The minimum absolute atomic E-state index is 0. The number of fused-ring (bicyclic) bond motifs is 8. The van der Waals surface area contributed by atoms with Crippen LogP contribution in [-0.2, 0) is 17.1 Å². The molecule has 4 nitrogen and oxygen atoms in total. The van der Waals surface area contributed by atoms with Crippen molar-refractivity contribution < 1.29 is 17.1 Å². The molecule has 2 aliphatic heterocycles. The Hall–Kier alpha value is -2.88. The van der Waals surface area contributed by atoms with Crippen LogP contribution < -0.4 is 0 Å². The van der Waals surface area contributed by atoms with Crippen LogP contribution in [-0.4, -0.2) is 19.9 Å². The van der Waals surface area contributed by atoms with Crippen molar-refractivity contribution in [1.29, 1.82) is 0 Å². The van der Waals surface area contributed by atoms with Gasteiger partial charge < -0.3 is 65.4 Å². The van der Waals surface area contributed by atoms with Gasteiger partial charge in [-0.1, -0.05) is 0 Å². The molecule has 3 aromatic rings. The van der Waals surface area contributed by atoms with Crippen LogP contribution in [0.1, 0.15) is 78.2 Å². The zero-order valence-electron chi connectivity index (χ0n) is 26.8. The fourth-order valence-corrected chi connectivity index (χ4v) is 2.94. The molecule has 0 saturated carbocycles. The third-order valence-electron chi connectivity index (χ3n) is 4.04. The normalized spacial score (nSPS) is 8.59. The summed E-state index contributed by atoms with van der Waals surface area (Å²) in [4.78, 5) is 16.0.